The molecule has 0 aliphatic carbocycles. The molecule has 120 valence electrons. The summed E-state index contributed by atoms with van der Waals surface area (Å²) in [5.41, 5.74) is 3.23. The SMILES string of the molecule is CCOC=O.COc1cccc(Nc2cccc3[nH]ccc23)c1. The summed E-state index contributed by atoms with van der Waals surface area (Å²) in [5.74, 6) is 0.848. The Balaban J connectivity index is 0.000000338. The minimum absolute atomic E-state index is 0.431. The molecule has 5 nitrogen and oxygen atoms in total. The van der Waals surface area contributed by atoms with Gasteiger partial charge in [-0.3, -0.25) is 4.79 Å². The van der Waals surface area contributed by atoms with Gasteiger partial charge in [-0.1, -0.05) is 12.1 Å². The Morgan fingerprint density at radius 1 is 1.17 bits per heavy atom. The second kappa shape index (κ2) is 8.48. The maximum Gasteiger partial charge on any atom is 0.293 e. The van der Waals surface area contributed by atoms with Crippen LogP contribution in [0.1, 0.15) is 6.92 Å². The molecule has 0 saturated carbocycles. The summed E-state index contributed by atoms with van der Waals surface area (Å²) in [7, 11) is 1.67. The van der Waals surface area contributed by atoms with Gasteiger partial charge < -0.3 is 19.8 Å². The summed E-state index contributed by atoms with van der Waals surface area (Å²) in [4.78, 5) is 12.4. The monoisotopic (exact) mass is 312 g/mol. The van der Waals surface area contributed by atoms with Crippen molar-refractivity contribution in [1.29, 1.82) is 0 Å². The standard InChI is InChI=1S/C15H14N2O.C3H6O2/c1-18-12-5-2-4-11(10-12)17-15-7-3-6-14-13(15)8-9-16-14;1-2-5-3-4/h2-10,16-17H,1H3;3H,2H2,1H3. The van der Waals surface area contributed by atoms with Crippen molar-refractivity contribution in [2.24, 2.45) is 0 Å². The van der Waals surface area contributed by atoms with Crippen LogP contribution in [-0.2, 0) is 9.53 Å². The van der Waals surface area contributed by atoms with Crippen molar-refractivity contribution in [3.63, 3.8) is 0 Å². The second-order valence-electron chi connectivity index (χ2n) is 4.65. The highest BCUT2D eigenvalue weighted by Crippen LogP contribution is 2.27. The quantitative estimate of drug-likeness (QED) is 0.696. The van der Waals surface area contributed by atoms with Crippen molar-refractivity contribution in [1.82, 2.24) is 4.98 Å². The van der Waals surface area contributed by atoms with Crippen molar-refractivity contribution in [3.05, 3.63) is 54.7 Å². The van der Waals surface area contributed by atoms with E-state index in [1.54, 1.807) is 14.0 Å². The summed E-state index contributed by atoms with van der Waals surface area (Å²) in [6, 6.07) is 16.1. The smallest absolute Gasteiger partial charge is 0.293 e. The fourth-order valence-corrected chi connectivity index (χ4v) is 2.12. The first-order chi connectivity index (χ1) is 11.3. The highest BCUT2D eigenvalue weighted by molar-refractivity contribution is 5.93. The molecule has 0 radical (unpaired) electrons. The molecule has 1 heterocycles. The number of anilines is 2. The molecule has 23 heavy (non-hydrogen) atoms. The van der Waals surface area contributed by atoms with E-state index in [-0.39, 0.29) is 0 Å². The van der Waals surface area contributed by atoms with Crippen LogP contribution in [0.15, 0.2) is 54.7 Å². The number of carbonyl (C=O) groups excluding carboxylic acids is 1. The van der Waals surface area contributed by atoms with Crippen LogP contribution in [0, 0.1) is 0 Å². The van der Waals surface area contributed by atoms with E-state index in [9.17, 15) is 4.79 Å². The molecular weight excluding hydrogens is 292 g/mol. The molecule has 0 unspecified atom stereocenters. The van der Waals surface area contributed by atoms with Crippen LogP contribution in [0.5, 0.6) is 5.75 Å². The van der Waals surface area contributed by atoms with Crippen molar-refractivity contribution in [2.45, 2.75) is 6.92 Å². The Morgan fingerprint density at radius 3 is 2.70 bits per heavy atom. The number of H-pyrrole nitrogens is 1. The fraction of sp³-hybridized carbons (Fsp3) is 0.167. The van der Waals surface area contributed by atoms with Crippen LogP contribution < -0.4 is 10.1 Å². The molecule has 0 saturated heterocycles. The number of hydrogen-bond acceptors (Lipinski definition) is 4. The number of carbonyl (C=O) groups is 1. The number of ether oxygens (including phenoxy) is 2. The van der Waals surface area contributed by atoms with Crippen molar-refractivity contribution >= 4 is 28.7 Å². The van der Waals surface area contributed by atoms with Crippen molar-refractivity contribution in [3.8, 4) is 5.75 Å². The van der Waals surface area contributed by atoms with Gasteiger partial charge in [-0.25, -0.2) is 0 Å². The van der Waals surface area contributed by atoms with Gasteiger partial charge in [-0.15, -0.1) is 0 Å². The second-order valence-corrected chi connectivity index (χ2v) is 4.65. The molecule has 0 fully saturated rings. The lowest BCUT2D eigenvalue weighted by molar-refractivity contribution is -0.128. The highest BCUT2D eigenvalue weighted by Gasteiger charge is 2.02. The Morgan fingerprint density at radius 2 is 2.00 bits per heavy atom. The molecule has 5 heteroatoms. The predicted octanol–water partition coefficient (Wildman–Crippen LogP) is 4.10. The number of benzene rings is 2. The van der Waals surface area contributed by atoms with Gasteiger partial charge in [0.2, 0.25) is 0 Å². The van der Waals surface area contributed by atoms with E-state index in [0.29, 0.717) is 13.1 Å². The Hall–Kier alpha value is -2.95. The first-order valence-corrected chi connectivity index (χ1v) is 7.31. The largest absolute Gasteiger partial charge is 0.497 e. The average molecular weight is 312 g/mol. The summed E-state index contributed by atoms with van der Waals surface area (Å²) in [5, 5.41) is 4.59. The van der Waals surface area contributed by atoms with Crippen molar-refractivity contribution < 1.29 is 14.3 Å². The van der Waals surface area contributed by atoms with E-state index in [4.69, 9.17) is 4.74 Å². The number of rotatable bonds is 5. The third-order valence-electron chi connectivity index (χ3n) is 3.18. The van der Waals surface area contributed by atoms with Gasteiger partial charge in [-0.05, 0) is 37.3 Å². The van der Waals surface area contributed by atoms with E-state index in [1.165, 1.54) is 5.39 Å². The molecular formula is C18H20N2O3. The molecule has 1 aromatic heterocycles. The molecule has 2 N–H and O–H groups in total. The number of nitrogens with one attached hydrogen (secondary N) is 2. The zero-order valence-corrected chi connectivity index (χ0v) is 13.2. The minimum atomic E-state index is 0.431. The fourth-order valence-electron chi connectivity index (χ4n) is 2.12. The van der Waals surface area contributed by atoms with Gasteiger partial charge in [0.15, 0.2) is 0 Å². The summed E-state index contributed by atoms with van der Waals surface area (Å²) < 4.78 is 9.37. The molecule has 0 aliphatic rings. The minimum Gasteiger partial charge on any atom is -0.497 e. The van der Waals surface area contributed by atoms with Gasteiger partial charge in [0.1, 0.15) is 5.75 Å². The molecule has 0 spiro atoms. The van der Waals surface area contributed by atoms with Crippen LogP contribution in [0.4, 0.5) is 11.4 Å². The summed E-state index contributed by atoms with van der Waals surface area (Å²) in [6.45, 7) is 2.66. The molecule has 0 aliphatic heterocycles. The number of aromatic amines is 1. The third kappa shape index (κ3) is 4.51. The predicted molar refractivity (Wildman–Crippen MR) is 92.3 cm³/mol. The molecule has 0 atom stereocenters. The lowest BCUT2D eigenvalue weighted by atomic mass is 10.2. The first kappa shape index (κ1) is 16.4. The van der Waals surface area contributed by atoms with Crippen LogP contribution in [0.25, 0.3) is 10.9 Å². The third-order valence-corrected chi connectivity index (χ3v) is 3.18. The van der Waals surface area contributed by atoms with Crippen LogP contribution in [-0.4, -0.2) is 25.2 Å². The first-order valence-electron chi connectivity index (χ1n) is 7.31. The van der Waals surface area contributed by atoms with E-state index < -0.39 is 0 Å². The normalized spacial score (nSPS) is 9.65. The number of aromatic nitrogens is 1. The molecule has 2 aromatic carbocycles. The van der Waals surface area contributed by atoms with Crippen LogP contribution >= 0.6 is 0 Å². The Labute approximate surface area is 135 Å². The van der Waals surface area contributed by atoms with Gasteiger partial charge in [0.05, 0.1) is 13.7 Å². The topological polar surface area (TPSA) is 63.4 Å². The van der Waals surface area contributed by atoms with E-state index in [1.807, 2.05) is 36.5 Å². The number of fused-ring (bicyclic) bond motifs is 1. The van der Waals surface area contributed by atoms with Gasteiger partial charge in [0, 0.05) is 34.5 Å². The zero-order valence-electron chi connectivity index (χ0n) is 13.2. The number of methoxy groups -OCH3 is 1. The van der Waals surface area contributed by atoms with E-state index in [2.05, 4.69) is 33.2 Å². The number of hydrogen-bond donors (Lipinski definition) is 2. The Kier molecular flexibility index (Phi) is 6.06. The van der Waals surface area contributed by atoms with E-state index in [0.717, 1.165) is 22.6 Å². The zero-order chi connectivity index (χ0) is 16.5. The van der Waals surface area contributed by atoms with Gasteiger partial charge in [-0.2, -0.15) is 0 Å². The maximum absolute atomic E-state index is 9.18. The summed E-state index contributed by atoms with van der Waals surface area (Å²) >= 11 is 0. The molecule has 0 amide bonds. The average Bonchev–Trinajstić information content (AvgIpc) is 3.06. The maximum atomic E-state index is 9.18. The van der Waals surface area contributed by atoms with Crippen LogP contribution in [0.3, 0.4) is 0 Å². The lowest BCUT2D eigenvalue weighted by Crippen LogP contribution is -1.91. The van der Waals surface area contributed by atoms with E-state index >= 15 is 0 Å². The molecule has 3 rings (SSSR count). The van der Waals surface area contributed by atoms with Gasteiger partial charge in [0.25, 0.3) is 6.47 Å². The Bertz CT molecular complexity index is 753. The lowest BCUT2D eigenvalue weighted by Gasteiger charge is -2.09. The molecule has 3 aromatic rings. The molecule has 0 bridgehead atoms. The van der Waals surface area contributed by atoms with Crippen molar-refractivity contribution in [2.75, 3.05) is 19.0 Å². The van der Waals surface area contributed by atoms with Gasteiger partial charge >= 0.3 is 0 Å². The summed E-state index contributed by atoms with van der Waals surface area (Å²) in [6.07, 6.45) is 1.95. The highest BCUT2D eigenvalue weighted by atomic mass is 16.5. The van der Waals surface area contributed by atoms with Crippen LogP contribution in [0.2, 0.25) is 0 Å².